The number of amides is 1. The van der Waals surface area contributed by atoms with Crippen LogP contribution in [0.3, 0.4) is 0 Å². The van der Waals surface area contributed by atoms with E-state index in [0.717, 1.165) is 25.8 Å². The lowest BCUT2D eigenvalue weighted by molar-refractivity contribution is -0.127. The summed E-state index contributed by atoms with van der Waals surface area (Å²) < 4.78 is 0. The third-order valence-electron chi connectivity index (χ3n) is 5.48. The minimum atomic E-state index is -0.461. The van der Waals surface area contributed by atoms with Gasteiger partial charge in [-0.15, -0.1) is 0 Å². The zero-order chi connectivity index (χ0) is 16.8. The van der Waals surface area contributed by atoms with Crippen LogP contribution in [0.5, 0.6) is 0 Å². The molecule has 2 fully saturated rings. The first kappa shape index (κ1) is 17.4. The van der Waals surface area contributed by atoms with Crippen LogP contribution >= 0.6 is 0 Å². The summed E-state index contributed by atoms with van der Waals surface area (Å²) in [5.74, 6) is -0.215. The van der Waals surface area contributed by atoms with Crippen LogP contribution in [0.4, 0.5) is 0 Å². The minimum absolute atomic E-state index is 0.00424. The molecule has 132 valence electrons. The molecule has 1 saturated heterocycles. The van der Waals surface area contributed by atoms with Gasteiger partial charge < -0.3 is 10.4 Å². The van der Waals surface area contributed by atoms with Crippen LogP contribution in [0, 0.1) is 5.92 Å². The summed E-state index contributed by atoms with van der Waals surface area (Å²) in [5, 5.41) is 12.9. The van der Waals surface area contributed by atoms with Crippen molar-refractivity contribution in [2.75, 3.05) is 13.1 Å². The largest absolute Gasteiger partial charge is 0.392 e. The Labute approximate surface area is 145 Å². The van der Waals surface area contributed by atoms with E-state index in [4.69, 9.17) is 0 Å². The van der Waals surface area contributed by atoms with Crippen molar-refractivity contribution in [1.29, 1.82) is 0 Å². The van der Waals surface area contributed by atoms with Crippen molar-refractivity contribution in [3.8, 4) is 0 Å². The summed E-state index contributed by atoms with van der Waals surface area (Å²) in [6, 6.07) is 8.41. The molecular weight excluding hydrogens is 300 g/mol. The molecular formula is C20H30N2O2. The summed E-state index contributed by atoms with van der Waals surface area (Å²) >= 11 is 0. The highest BCUT2D eigenvalue weighted by Crippen LogP contribution is 2.25. The summed E-state index contributed by atoms with van der Waals surface area (Å²) in [6.07, 6.45) is 7.32. The summed E-state index contributed by atoms with van der Waals surface area (Å²) in [5.41, 5.74) is 2.51. The molecule has 3 rings (SSSR count). The standard InChI is InChI=1S/C20H30N2O2/c23-19-11-7-10-18(19)20(24)21-14-16-8-3-4-9-17(16)15-22-12-5-1-2-6-13-22/h3-4,8-9,18-19,23H,1-2,5-7,10-15H2,(H,21,24). The fraction of sp³-hybridized carbons (Fsp3) is 0.650. The van der Waals surface area contributed by atoms with Gasteiger partial charge in [-0.25, -0.2) is 0 Å². The predicted molar refractivity (Wildman–Crippen MR) is 95.4 cm³/mol. The molecule has 1 amide bonds. The maximum atomic E-state index is 12.3. The molecule has 24 heavy (non-hydrogen) atoms. The number of hydrogen-bond acceptors (Lipinski definition) is 3. The van der Waals surface area contributed by atoms with Gasteiger partial charge in [0.1, 0.15) is 0 Å². The second-order valence-electron chi connectivity index (χ2n) is 7.28. The Bertz CT molecular complexity index is 538. The lowest BCUT2D eigenvalue weighted by Gasteiger charge is -2.22. The lowest BCUT2D eigenvalue weighted by Crippen LogP contribution is -2.34. The molecule has 1 saturated carbocycles. The van der Waals surface area contributed by atoms with Crippen molar-refractivity contribution in [3.63, 3.8) is 0 Å². The number of rotatable bonds is 5. The van der Waals surface area contributed by atoms with E-state index in [1.54, 1.807) is 0 Å². The number of benzene rings is 1. The van der Waals surface area contributed by atoms with Gasteiger partial charge in [0, 0.05) is 13.1 Å². The molecule has 0 spiro atoms. The molecule has 0 aromatic heterocycles. The Morgan fingerprint density at radius 2 is 1.75 bits per heavy atom. The Hall–Kier alpha value is -1.39. The molecule has 1 heterocycles. The highest BCUT2D eigenvalue weighted by atomic mass is 16.3. The average molecular weight is 330 g/mol. The molecule has 4 nitrogen and oxygen atoms in total. The van der Waals surface area contributed by atoms with E-state index in [1.165, 1.54) is 49.9 Å². The summed E-state index contributed by atoms with van der Waals surface area (Å²) in [6.45, 7) is 3.88. The Morgan fingerprint density at radius 3 is 2.42 bits per heavy atom. The number of hydrogen-bond donors (Lipinski definition) is 2. The fourth-order valence-corrected chi connectivity index (χ4v) is 3.98. The first-order valence-electron chi connectivity index (χ1n) is 9.49. The second kappa shape index (κ2) is 8.63. The Balaban J connectivity index is 1.58. The van der Waals surface area contributed by atoms with Crippen LogP contribution in [0.15, 0.2) is 24.3 Å². The summed E-state index contributed by atoms with van der Waals surface area (Å²) in [7, 11) is 0. The van der Waals surface area contributed by atoms with E-state index in [0.29, 0.717) is 6.54 Å². The van der Waals surface area contributed by atoms with E-state index >= 15 is 0 Å². The topological polar surface area (TPSA) is 52.6 Å². The van der Waals surface area contributed by atoms with Crippen molar-refractivity contribution in [2.24, 2.45) is 5.92 Å². The molecule has 2 N–H and O–H groups in total. The molecule has 2 atom stereocenters. The van der Waals surface area contributed by atoms with Crippen molar-refractivity contribution < 1.29 is 9.90 Å². The molecule has 1 aliphatic heterocycles. The van der Waals surface area contributed by atoms with Crippen LogP contribution in [0.25, 0.3) is 0 Å². The maximum absolute atomic E-state index is 12.3. The fourth-order valence-electron chi connectivity index (χ4n) is 3.98. The quantitative estimate of drug-likeness (QED) is 0.873. The van der Waals surface area contributed by atoms with Gasteiger partial charge in [-0.2, -0.15) is 0 Å². The van der Waals surface area contributed by atoms with E-state index < -0.39 is 6.10 Å². The van der Waals surface area contributed by atoms with Gasteiger partial charge in [-0.05, 0) is 56.3 Å². The molecule has 1 aromatic carbocycles. The molecule has 4 heteroatoms. The molecule has 0 bridgehead atoms. The van der Waals surface area contributed by atoms with E-state index in [9.17, 15) is 9.90 Å². The number of aliphatic hydroxyl groups is 1. The van der Waals surface area contributed by atoms with Crippen molar-refractivity contribution in [3.05, 3.63) is 35.4 Å². The molecule has 0 radical (unpaired) electrons. The van der Waals surface area contributed by atoms with E-state index in [-0.39, 0.29) is 11.8 Å². The van der Waals surface area contributed by atoms with Crippen LogP contribution in [0.1, 0.15) is 56.1 Å². The number of likely N-dealkylation sites (tertiary alicyclic amines) is 1. The second-order valence-corrected chi connectivity index (χ2v) is 7.28. The van der Waals surface area contributed by atoms with Gasteiger partial charge in [0.2, 0.25) is 5.91 Å². The number of nitrogens with zero attached hydrogens (tertiary/aromatic N) is 1. The summed E-state index contributed by atoms with van der Waals surface area (Å²) in [4.78, 5) is 14.8. The van der Waals surface area contributed by atoms with E-state index in [2.05, 4.69) is 28.4 Å². The highest BCUT2D eigenvalue weighted by molar-refractivity contribution is 5.79. The number of nitrogens with one attached hydrogen (secondary N) is 1. The first-order chi connectivity index (χ1) is 11.7. The van der Waals surface area contributed by atoms with Gasteiger partial charge in [-0.3, -0.25) is 9.69 Å². The van der Waals surface area contributed by atoms with Crippen LogP contribution in [-0.2, 0) is 17.9 Å². The molecule has 1 aromatic rings. The number of carbonyl (C=O) groups is 1. The van der Waals surface area contributed by atoms with Crippen LogP contribution in [-0.4, -0.2) is 35.1 Å². The zero-order valence-corrected chi connectivity index (χ0v) is 14.5. The average Bonchev–Trinajstić information content (AvgIpc) is 2.86. The van der Waals surface area contributed by atoms with Gasteiger partial charge >= 0.3 is 0 Å². The minimum Gasteiger partial charge on any atom is -0.392 e. The van der Waals surface area contributed by atoms with Crippen molar-refractivity contribution >= 4 is 5.91 Å². The monoisotopic (exact) mass is 330 g/mol. The normalized spacial score (nSPS) is 25.4. The third kappa shape index (κ3) is 4.58. The van der Waals surface area contributed by atoms with Gasteiger partial charge in [0.05, 0.1) is 12.0 Å². The molecule has 2 aliphatic rings. The van der Waals surface area contributed by atoms with Crippen molar-refractivity contribution in [2.45, 2.75) is 64.1 Å². The van der Waals surface area contributed by atoms with Gasteiger partial charge in [0.25, 0.3) is 0 Å². The van der Waals surface area contributed by atoms with E-state index in [1.807, 2.05) is 6.07 Å². The number of aliphatic hydroxyl groups excluding tert-OH is 1. The first-order valence-corrected chi connectivity index (χ1v) is 9.49. The molecule has 2 unspecified atom stereocenters. The number of carbonyl (C=O) groups excluding carboxylic acids is 1. The van der Waals surface area contributed by atoms with Gasteiger partial charge in [-0.1, -0.05) is 37.1 Å². The van der Waals surface area contributed by atoms with Crippen molar-refractivity contribution in [1.82, 2.24) is 10.2 Å². The highest BCUT2D eigenvalue weighted by Gasteiger charge is 2.31. The lowest BCUT2D eigenvalue weighted by atomic mass is 10.0. The van der Waals surface area contributed by atoms with Crippen LogP contribution < -0.4 is 5.32 Å². The Kier molecular flexibility index (Phi) is 6.27. The smallest absolute Gasteiger partial charge is 0.225 e. The third-order valence-corrected chi connectivity index (χ3v) is 5.48. The van der Waals surface area contributed by atoms with Gasteiger partial charge in [0.15, 0.2) is 0 Å². The van der Waals surface area contributed by atoms with Crippen LogP contribution in [0.2, 0.25) is 0 Å². The SMILES string of the molecule is O=C(NCc1ccccc1CN1CCCCCC1)C1CCCC1O. The Morgan fingerprint density at radius 1 is 1.04 bits per heavy atom. The zero-order valence-electron chi connectivity index (χ0n) is 14.5. The maximum Gasteiger partial charge on any atom is 0.225 e. The molecule has 1 aliphatic carbocycles. The predicted octanol–water partition coefficient (Wildman–Crippen LogP) is 2.84.